The lowest BCUT2D eigenvalue weighted by atomic mass is 10.2. The molecule has 1 aromatic rings. The van der Waals surface area contributed by atoms with Crippen LogP contribution in [0.2, 0.25) is 0 Å². The van der Waals surface area contributed by atoms with Gasteiger partial charge >= 0.3 is 0 Å². The number of ether oxygens (including phenoxy) is 1. The van der Waals surface area contributed by atoms with Gasteiger partial charge in [0, 0.05) is 6.54 Å². The van der Waals surface area contributed by atoms with Crippen LogP contribution in [0.1, 0.15) is 5.69 Å². The highest BCUT2D eigenvalue weighted by Crippen LogP contribution is 2.20. The second-order valence-electron chi connectivity index (χ2n) is 3.82. The lowest BCUT2D eigenvalue weighted by molar-refractivity contribution is 0.0723. The van der Waals surface area contributed by atoms with Gasteiger partial charge < -0.3 is 20.5 Å². The first-order chi connectivity index (χ1) is 8.26. The number of rotatable bonds is 2. The van der Waals surface area contributed by atoms with Crippen LogP contribution in [0.4, 0.5) is 11.5 Å². The molecule has 6 nitrogen and oxygen atoms in total. The number of nitrogens with two attached hydrogens (primary N) is 1. The van der Waals surface area contributed by atoms with Crippen LogP contribution in [-0.4, -0.2) is 42.5 Å². The number of nitriles is 1. The largest absolute Gasteiger partial charge is 0.396 e. The second-order valence-corrected chi connectivity index (χ2v) is 3.82. The summed E-state index contributed by atoms with van der Waals surface area (Å²) in [4.78, 5) is 6.12. The molecule has 0 aromatic carbocycles. The first-order valence-corrected chi connectivity index (χ1v) is 5.38. The number of nitrogen functional groups attached to an aromatic ring is 1. The van der Waals surface area contributed by atoms with Crippen LogP contribution in [0, 0.1) is 11.3 Å². The van der Waals surface area contributed by atoms with Crippen LogP contribution in [0.5, 0.6) is 0 Å². The molecule has 6 heteroatoms. The van der Waals surface area contributed by atoms with Gasteiger partial charge in [-0.1, -0.05) is 0 Å². The van der Waals surface area contributed by atoms with Crippen molar-refractivity contribution in [1.29, 1.82) is 5.26 Å². The van der Waals surface area contributed by atoms with E-state index in [1.165, 1.54) is 0 Å². The average molecular weight is 234 g/mol. The number of aromatic nitrogens is 1. The zero-order valence-electron chi connectivity index (χ0n) is 9.33. The Morgan fingerprint density at radius 3 is 3.18 bits per heavy atom. The molecule has 0 radical (unpaired) electrons. The van der Waals surface area contributed by atoms with Gasteiger partial charge in [-0.25, -0.2) is 4.98 Å². The molecule has 1 saturated heterocycles. The highest BCUT2D eigenvalue weighted by atomic mass is 16.5. The first-order valence-electron chi connectivity index (χ1n) is 5.38. The van der Waals surface area contributed by atoms with Crippen molar-refractivity contribution < 1.29 is 9.84 Å². The molecule has 1 aliphatic rings. The van der Waals surface area contributed by atoms with E-state index >= 15 is 0 Å². The van der Waals surface area contributed by atoms with Gasteiger partial charge in [-0.15, -0.1) is 0 Å². The van der Waals surface area contributed by atoms with Gasteiger partial charge in [0.2, 0.25) is 0 Å². The topological polar surface area (TPSA) is 95.4 Å². The summed E-state index contributed by atoms with van der Waals surface area (Å²) in [7, 11) is 0. The molecule has 1 atom stereocenters. The van der Waals surface area contributed by atoms with Crippen LogP contribution in [0.25, 0.3) is 0 Å². The number of hydrogen-bond donors (Lipinski definition) is 2. The summed E-state index contributed by atoms with van der Waals surface area (Å²) < 4.78 is 5.29. The summed E-state index contributed by atoms with van der Waals surface area (Å²) in [5.74, 6) is 0.651. The Morgan fingerprint density at radius 2 is 2.47 bits per heavy atom. The van der Waals surface area contributed by atoms with E-state index in [1.807, 2.05) is 11.0 Å². The number of anilines is 2. The molecule has 0 bridgehead atoms. The second kappa shape index (κ2) is 4.99. The molecule has 1 aromatic heterocycles. The molecule has 2 rings (SSSR count). The number of aliphatic hydroxyl groups is 1. The monoisotopic (exact) mass is 234 g/mol. The lowest BCUT2D eigenvalue weighted by Gasteiger charge is -2.35. The predicted molar refractivity (Wildman–Crippen MR) is 62.4 cm³/mol. The SMILES string of the molecule is N#Cc1nc(N2CCOCC2CO)ccc1N. The Labute approximate surface area is 99.2 Å². The van der Waals surface area contributed by atoms with Crippen molar-refractivity contribution >= 4 is 11.5 Å². The van der Waals surface area contributed by atoms with E-state index in [1.54, 1.807) is 12.1 Å². The fourth-order valence-electron chi connectivity index (χ4n) is 1.82. The van der Waals surface area contributed by atoms with Crippen LogP contribution in [0.15, 0.2) is 12.1 Å². The van der Waals surface area contributed by atoms with Crippen LogP contribution in [-0.2, 0) is 4.74 Å². The van der Waals surface area contributed by atoms with Crippen LogP contribution >= 0.6 is 0 Å². The van der Waals surface area contributed by atoms with Gasteiger partial charge in [0.25, 0.3) is 0 Å². The van der Waals surface area contributed by atoms with E-state index < -0.39 is 0 Å². The third kappa shape index (κ3) is 2.30. The number of nitrogens with zero attached hydrogens (tertiary/aromatic N) is 3. The lowest BCUT2D eigenvalue weighted by Crippen LogP contribution is -2.48. The van der Waals surface area contributed by atoms with E-state index in [2.05, 4.69) is 4.98 Å². The minimum atomic E-state index is -0.119. The van der Waals surface area contributed by atoms with Gasteiger partial charge in [0.1, 0.15) is 11.9 Å². The zero-order chi connectivity index (χ0) is 12.3. The molecule has 0 amide bonds. The summed E-state index contributed by atoms with van der Waals surface area (Å²) in [5.41, 5.74) is 6.20. The third-order valence-corrected chi connectivity index (χ3v) is 2.75. The number of morpholine rings is 1. The molecular formula is C11H14N4O2. The molecule has 3 N–H and O–H groups in total. The maximum Gasteiger partial charge on any atom is 0.165 e. The summed E-state index contributed by atoms with van der Waals surface area (Å²) in [6.07, 6.45) is 0. The van der Waals surface area contributed by atoms with Gasteiger partial charge in [-0.05, 0) is 12.1 Å². The van der Waals surface area contributed by atoms with Crippen molar-refractivity contribution in [3.05, 3.63) is 17.8 Å². The maximum absolute atomic E-state index is 9.26. The summed E-state index contributed by atoms with van der Waals surface area (Å²) in [6, 6.07) is 5.24. The Balaban J connectivity index is 2.29. The number of pyridine rings is 1. The minimum Gasteiger partial charge on any atom is -0.396 e. The smallest absolute Gasteiger partial charge is 0.165 e. The Morgan fingerprint density at radius 1 is 1.65 bits per heavy atom. The van der Waals surface area contributed by atoms with Crippen molar-refractivity contribution in [2.24, 2.45) is 0 Å². The maximum atomic E-state index is 9.26. The Kier molecular flexibility index (Phi) is 3.42. The van der Waals surface area contributed by atoms with E-state index in [4.69, 9.17) is 15.7 Å². The molecular weight excluding hydrogens is 220 g/mol. The molecule has 90 valence electrons. The number of hydrogen-bond acceptors (Lipinski definition) is 6. The summed E-state index contributed by atoms with van der Waals surface area (Å²) in [6.45, 7) is 1.69. The fourth-order valence-corrected chi connectivity index (χ4v) is 1.82. The summed E-state index contributed by atoms with van der Waals surface area (Å²) in [5, 5.41) is 18.1. The molecule has 17 heavy (non-hydrogen) atoms. The fraction of sp³-hybridized carbons (Fsp3) is 0.455. The molecule has 2 heterocycles. The minimum absolute atomic E-state index is 0.00601. The van der Waals surface area contributed by atoms with Crippen molar-refractivity contribution in [2.45, 2.75) is 6.04 Å². The Bertz CT molecular complexity index is 444. The normalized spacial score (nSPS) is 20.0. The highest BCUT2D eigenvalue weighted by Gasteiger charge is 2.23. The molecule has 1 aliphatic heterocycles. The molecule has 0 saturated carbocycles. The van der Waals surface area contributed by atoms with Crippen LogP contribution in [0.3, 0.4) is 0 Å². The van der Waals surface area contributed by atoms with Crippen LogP contribution < -0.4 is 10.6 Å². The van der Waals surface area contributed by atoms with Gasteiger partial charge in [-0.3, -0.25) is 0 Å². The molecule has 1 unspecified atom stereocenters. The zero-order valence-corrected chi connectivity index (χ0v) is 9.33. The van der Waals surface area contributed by atoms with E-state index in [0.717, 1.165) is 0 Å². The van der Waals surface area contributed by atoms with Gasteiger partial charge in [-0.2, -0.15) is 5.26 Å². The third-order valence-electron chi connectivity index (χ3n) is 2.75. The van der Waals surface area contributed by atoms with Crippen molar-refractivity contribution in [3.63, 3.8) is 0 Å². The number of aliphatic hydroxyl groups excluding tert-OH is 1. The highest BCUT2D eigenvalue weighted by molar-refractivity contribution is 5.55. The molecule has 1 fully saturated rings. The van der Waals surface area contributed by atoms with Gasteiger partial charge in [0.15, 0.2) is 5.69 Å². The van der Waals surface area contributed by atoms with Crippen molar-refractivity contribution in [3.8, 4) is 6.07 Å². The summed E-state index contributed by atoms with van der Waals surface area (Å²) >= 11 is 0. The van der Waals surface area contributed by atoms with E-state index in [9.17, 15) is 5.11 Å². The average Bonchev–Trinajstić information content (AvgIpc) is 2.39. The predicted octanol–water partition coefficient (Wildman–Crippen LogP) is -0.267. The first kappa shape index (κ1) is 11.6. The Hall–Kier alpha value is -1.84. The standard InChI is InChI=1S/C11H14N4O2/c12-5-10-9(13)1-2-11(14-10)15-3-4-17-7-8(15)6-16/h1-2,8,16H,3-4,6-7,13H2. The van der Waals surface area contributed by atoms with Crippen molar-refractivity contribution in [1.82, 2.24) is 4.98 Å². The van der Waals surface area contributed by atoms with E-state index in [-0.39, 0.29) is 18.3 Å². The molecule has 0 aliphatic carbocycles. The van der Waals surface area contributed by atoms with E-state index in [0.29, 0.717) is 31.3 Å². The van der Waals surface area contributed by atoms with Gasteiger partial charge in [0.05, 0.1) is 31.5 Å². The van der Waals surface area contributed by atoms with Crippen molar-refractivity contribution in [2.75, 3.05) is 37.0 Å². The quantitative estimate of drug-likeness (QED) is 0.731. The molecule has 0 spiro atoms.